The molecule has 1 heterocycles. The average molecular weight is 197 g/mol. The van der Waals surface area contributed by atoms with Crippen LogP contribution in [0.2, 0.25) is 0 Å². The predicted octanol–water partition coefficient (Wildman–Crippen LogP) is 1.86. The molecule has 0 radical (unpaired) electrons. The smallest absolute Gasteiger partial charge is 0.141 e. The molecule has 1 rings (SSSR count). The summed E-state index contributed by atoms with van der Waals surface area (Å²) in [6.07, 6.45) is 3.15. The molecule has 0 aliphatic rings. The molecule has 0 bridgehead atoms. The van der Waals surface area contributed by atoms with Crippen molar-refractivity contribution in [3.05, 3.63) is 11.9 Å². The van der Waals surface area contributed by atoms with Gasteiger partial charge in [0.15, 0.2) is 0 Å². The lowest BCUT2D eigenvalue weighted by Crippen LogP contribution is -2.08. The van der Waals surface area contributed by atoms with Gasteiger partial charge in [-0.3, -0.25) is 0 Å². The molecule has 0 saturated carbocycles. The van der Waals surface area contributed by atoms with E-state index in [1.54, 1.807) is 4.68 Å². The molecular formula is C10H19N3O. The zero-order valence-corrected chi connectivity index (χ0v) is 9.40. The summed E-state index contributed by atoms with van der Waals surface area (Å²) in [5.74, 6) is 0.617. The van der Waals surface area contributed by atoms with E-state index in [1.165, 1.54) is 0 Å². The molecular weight excluding hydrogens is 178 g/mol. The molecule has 0 unspecified atom stereocenters. The van der Waals surface area contributed by atoms with E-state index in [4.69, 9.17) is 4.74 Å². The van der Waals surface area contributed by atoms with Crippen LogP contribution in [-0.4, -0.2) is 21.1 Å². The zero-order valence-electron chi connectivity index (χ0n) is 9.40. The van der Waals surface area contributed by atoms with E-state index in [2.05, 4.69) is 24.2 Å². The monoisotopic (exact) mass is 197 g/mol. The SMILES string of the molecule is CC(C)Cc1cn(COC(C)C)nn1. The van der Waals surface area contributed by atoms with Gasteiger partial charge in [-0.1, -0.05) is 19.1 Å². The van der Waals surface area contributed by atoms with Crippen LogP contribution in [0.25, 0.3) is 0 Å². The fourth-order valence-electron chi connectivity index (χ4n) is 1.14. The van der Waals surface area contributed by atoms with Gasteiger partial charge >= 0.3 is 0 Å². The van der Waals surface area contributed by atoms with Crippen LogP contribution in [0.1, 0.15) is 33.4 Å². The van der Waals surface area contributed by atoms with Crippen LogP contribution in [0.15, 0.2) is 6.20 Å². The van der Waals surface area contributed by atoms with Crippen LogP contribution >= 0.6 is 0 Å². The molecule has 1 aromatic rings. The topological polar surface area (TPSA) is 39.9 Å². The highest BCUT2D eigenvalue weighted by atomic mass is 16.5. The Morgan fingerprint density at radius 3 is 2.64 bits per heavy atom. The van der Waals surface area contributed by atoms with E-state index < -0.39 is 0 Å². The van der Waals surface area contributed by atoms with Crippen molar-refractivity contribution in [1.82, 2.24) is 15.0 Å². The molecule has 0 amide bonds. The fraction of sp³-hybridized carbons (Fsp3) is 0.800. The Morgan fingerprint density at radius 1 is 1.36 bits per heavy atom. The molecule has 4 heteroatoms. The minimum absolute atomic E-state index is 0.229. The Bertz CT molecular complexity index is 268. The Balaban J connectivity index is 2.42. The van der Waals surface area contributed by atoms with Gasteiger partial charge in [0.1, 0.15) is 6.73 Å². The molecule has 0 spiro atoms. The van der Waals surface area contributed by atoms with Crippen molar-refractivity contribution < 1.29 is 4.74 Å². The van der Waals surface area contributed by atoms with Gasteiger partial charge in [0, 0.05) is 0 Å². The first-order valence-electron chi connectivity index (χ1n) is 5.08. The lowest BCUT2D eigenvalue weighted by molar-refractivity contribution is 0.0211. The maximum Gasteiger partial charge on any atom is 0.141 e. The second-order valence-corrected chi connectivity index (χ2v) is 4.19. The maximum absolute atomic E-state index is 5.41. The summed E-state index contributed by atoms with van der Waals surface area (Å²) in [7, 11) is 0. The average Bonchev–Trinajstić information content (AvgIpc) is 2.47. The second kappa shape index (κ2) is 5.10. The molecule has 0 atom stereocenters. The van der Waals surface area contributed by atoms with Crippen LogP contribution in [-0.2, 0) is 17.9 Å². The predicted molar refractivity (Wildman–Crippen MR) is 54.8 cm³/mol. The highest BCUT2D eigenvalue weighted by Crippen LogP contribution is 2.03. The zero-order chi connectivity index (χ0) is 10.6. The Kier molecular flexibility index (Phi) is 4.07. The van der Waals surface area contributed by atoms with Gasteiger partial charge in [-0.15, -0.1) is 5.10 Å². The molecule has 0 fully saturated rings. The highest BCUT2D eigenvalue weighted by molar-refractivity contribution is 4.92. The fourth-order valence-corrected chi connectivity index (χ4v) is 1.14. The molecule has 0 aromatic carbocycles. The Labute approximate surface area is 85.3 Å². The quantitative estimate of drug-likeness (QED) is 0.723. The second-order valence-electron chi connectivity index (χ2n) is 4.19. The van der Waals surface area contributed by atoms with Crippen LogP contribution < -0.4 is 0 Å². The minimum atomic E-state index is 0.229. The normalized spacial score (nSPS) is 11.6. The number of hydrogen-bond donors (Lipinski definition) is 0. The van der Waals surface area contributed by atoms with E-state index in [1.807, 2.05) is 20.0 Å². The van der Waals surface area contributed by atoms with E-state index in [-0.39, 0.29) is 6.10 Å². The number of rotatable bonds is 5. The van der Waals surface area contributed by atoms with Crippen molar-refractivity contribution in [2.75, 3.05) is 0 Å². The molecule has 4 nitrogen and oxygen atoms in total. The van der Waals surface area contributed by atoms with Gasteiger partial charge in [-0.2, -0.15) is 0 Å². The third-order valence-corrected chi connectivity index (χ3v) is 1.74. The van der Waals surface area contributed by atoms with Crippen molar-refractivity contribution in [2.24, 2.45) is 5.92 Å². The van der Waals surface area contributed by atoms with Gasteiger partial charge in [-0.25, -0.2) is 4.68 Å². The Morgan fingerprint density at radius 2 is 2.07 bits per heavy atom. The first-order valence-corrected chi connectivity index (χ1v) is 5.08. The molecule has 14 heavy (non-hydrogen) atoms. The first kappa shape index (κ1) is 11.2. The molecule has 0 aliphatic carbocycles. The maximum atomic E-state index is 5.41. The molecule has 1 aromatic heterocycles. The van der Waals surface area contributed by atoms with Crippen LogP contribution in [0.4, 0.5) is 0 Å². The third kappa shape index (κ3) is 3.87. The standard InChI is InChI=1S/C10H19N3O/c1-8(2)5-10-6-13(12-11-10)7-14-9(3)4/h6,8-9H,5,7H2,1-4H3. The lowest BCUT2D eigenvalue weighted by atomic mass is 10.1. The summed E-state index contributed by atoms with van der Waals surface area (Å²) in [6, 6.07) is 0. The molecule has 0 saturated heterocycles. The summed E-state index contributed by atoms with van der Waals surface area (Å²) in [4.78, 5) is 0. The Hall–Kier alpha value is -0.900. The van der Waals surface area contributed by atoms with E-state index in [0.717, 1.165) is 12.1 Å². The molecule has 0 N–H and O–H groups in total. The first-order chi connectivity index (χ1) is 6.58. The van der Waals surface area contributed by atoms with Crippen LogP contribution in [0.5, 0.6) is 0 Å². The number of ether oxygens (including phenoxy) is 1. The van der Waals surface area contributed by atoms with Crippen molar-refractivity contribution in [3.63, 3.8) is 0 Å². The van der Waals surface area contributed by atoms with Gasteiger partial charge in [-0.05, 0) is 26.2 Å². The van der Waals surface area contributed by atoms with E-state index >= 15 is 0 Å². The van der Waals surface area contributed by atoms with E-state index in [0.29, 0.717) is 12.6 Å². The number of nitrogens with zero attached hydrogens (tertiary/aromatic N) is 3. The molecule has 80 valence electrons. The van der Waals surface area contributed by atoms with Crippen molar-refractivity contribution in [2.45, 2.75) is 47.0 Å². The summed E-state index contributed by atoms with van der Waals surface area (Å²) in [5.41, 5.74) is 1.03. The van der Waals surface area contributed by atoms with Gasteiger partial charge in [0.25, 0.3) is 0 Å². The largest absolute Gasteiger partial charge is 0.357 e. The van der Waals surface area contributed by atoms with Gasteiger partial charge in [0.2, 0.25) is 0 Å². The van der Waals surface area contributed by atoms with Crippen molar-refractivity contribution in [3.8, 4) is 0 Å². The van der Waals surface area contributed by atoms with E-state index in [9.17, 15) is 0 Å². The number of aromatic nitrogens is 3. The van der Waals surface area contributed by atoms with Crippen molar-refractivity contribution >= 4 is 0 Å². The minimum Gasteiger partial charge on any atom is -0.357 e. The lowest BCUT2D eigenvalue weighted by Gasteiger charge is -2.05. The van der Waals surface area contributed by atoms with Crippen molar-refractivity contribution in [1.29, 1.82) is 0 Å². The summed E-state index contributed by atoms with van der Waals surface area (Å²) >= 11 is 0. The molecule has 0 aliphatic heterocycles. The third-order valence-electron chi connectivity index (χ3n) is 1.74. The van der Waals surface area contributed by atoms with Crippen LogP contribution in [0.3, 0.4) is 0 Å². The summed E-state index contributed by atoms with van der Waals surface area (Å²) in [5, 5.41) is 8.05. The summed E-state index contributed by atoms with van der Waals surface area (Å²) < 4.78 is 7.14. The van der Waals surface area contributed by atoms with Gasteiger partial charge < -0.3 is 4.74 Å². The summed E-state index contributed by atoms with van der Waals surface area (Å²) in [6.45, 7) is 8.84. The highest BCUT2D eigenvalue weighted by Gasteiger charge is 2.03. The van der Waals surface area contributed by atoms with Crippen LogP contribution in [0, 0.1) is 5.92 Å². The van der Waals surface area contributed by atoms with Gasteiger partial charge in [0.05, 0.1) is 18.0 Å². The number of hydrogen-bond acceptors (Lipinski definition) is 3.